The number of thioether (sulfide) groups is 1. The summed E-state index contributed by atoms with van der Waals surface area (Å²) in [5.41, 5.74) is 2.98. The molecule has 0 fully saturated rings. The number of para-hydroxylation sites is 2. The van der Waals surface area contributed by atoms with Crippen LogP contribution >= 0.6 is 11.8 Å². The molecule has 0 spiro atoms. The number of rotatable bonds is 13. The maximum Gasteiger partial charge on any atom is 0.326 e. The highest BCUT2D eigenvalue weighted by Gasteiger charge is 2.23. The Labute approximate surface area is 241 Å². The molecule has 4 aromatic rings. The molecule has 3 aromatic carbocycles. The number of carbonyl (C=O) groups is 1. The van der Waals surface area contributed by atoms with Crippen LogP contribution in [-0.4, -0.2) is 52.7 Å². The van der Waals surface area contributed by atoms with Crippen LogP contribution in [0, 0.1) is 0 Å². The normalized spacial score (nSPS) is 12.2. The van der Waals surface area contributed by atoms with E-state index in [4.69, 9.17) is 9.72 Å². The van der Waals surface area contributed by atoms with E-state index in [1.165, 1.54) is 11.8 Å². The Balaban J connectivity index is 1.44. The summed E-state index contributed by atoms with van der Waals surface area (Å²) >= 11 is 1.53. The summed E-state index contributed by atoms with van der Waals surface area (Å²) < 4.78 is 35.9. The number of fused-ring (bicyclic) bond motifs is 1. The molecule has 0 radical (unpaired) electrons. The van der Waals surface area contributed by atoms with Crippen LogP contribution in [0.5, 0.6) is 0 Å². The topological polar surface area (TPSA) is 81.5 Å². The fourth-order valence-corrected chi connectivity index (χ4v) is 6.90. The fraction of sp³-hybridized carbons (Fsp3) is 0.355. The largest absolute Gasteiger partial charge is 0.459 e. The lowest BCUT2D eigenvalue weighted by Crippen LogP contribution is -2.35. The number of imidazole rings is 1. The van der Waals surface area contributed by atoms with E-state index in [9.17, 15) is 13.2 Å². The summed E-state index contributed by atoms with van der Waals surface area (Å²) in [4.78, 5) is 17.4. The lowest BCUT2D eigenvalue weighted by molar-refractivity contribution is -0.155. The second-order valence-electron chi connectivity index (χ2n) is 10.6. The first kappa shape index (κ1) is 29.8. The highest BCUT2D eigenvalue weighted by molar-refractivity contribution is 7.99. The van der Waals surface area contributed by atoms with E-state index >= 15 is 0 Å². The van der Waals surface area contributed by atoms with Crippen molar-refractivity contribution in [3.63, 3.8) is 0 Å². The van der Waals surface area contributed by atoms with E-state index in [1.54, 1.807) is 4.31 Å². The molecule has 4 rings (SSSR count). The van der Waals surface area contributed by atoms with Gasteiger partial charge in [0, 0.05) is 18.8 Å². The second-order valence-corrected chi connectivity index (χ2v) is 13.7. The number of esters is 1. The molecule has 1 aromatic heterocycles. The average molecular weight is 580 g/mol. The number of benzene rings is 3. The Hall–Kier alpha value is -3.14. The zero-order valence-corrected chi connectivity index (χ0v) is 25.0. The average Bonchev–Trinajstić information content (AvgIpc) is 3.24. The highest BCUT2D eigenvalue weighted by Crippen LogP contribution is 2.25. The minimum atomic E-state index is -3.51. The molecule has 1 heterocycles. The van der Waals surface area contributed by atoms with Gasteiger partial charge in [0.1, 0.15) is 12.1 Å². The third kappa shape index (κ3) is 8.68. The first-order chi connectivity index (χ1) is 19.1. The van der Waals surface area contributed by atoms with Gasteiger partial charge in [0.15, 0.2) is 5.16 Å². The predicted molar refractivity (Wildman–Crippen MR) is 162 cm³/mol. The third-order valence-corrected chi connectivity index (χ3v) is 9.10. The molecule has 0 N–H and O–H groups in total. The van der Waals surface area contributed by atoms with Crippen molar-refractivity contribution in [1.82, 2.24) is 13.9 Å². The van der Waals surface area contributed by atoms with Gasteiger partial charge in [0.25, 0.3) is 0 Å². The van der Waals surface area contributed by atoms with Crippen molar-refractivity contribution in [2.24, 2.45) is 0 Å². The van der Waals surface area contributed by atoms with E-state index < -0.39 is 15.6 Å². The van der Waals surface area contributed by atoms with Gasteiger partial charge in [0.2, 0.25) is 10.0 Å². The Morgan fingerprint density at radius 3 is 2.20 bits per heavy atom. The molecule has 0 aliphatic carbocycles. The van der Waals surface area contributed by atoms with E-state index in [2.05, 4.69) is 0 Å². The van der Waals surface area contributed by atoms with Crippen LogP contribution in [-0.2, 0) is 38.3 Å². The van der Waals surface area contributed by atoms with Gasteiger partial charge >= 0.3 is 5.97 Å². The summed E-state index contributed by atoms with van der Waals surface area (Å²) in [6.45, 7) is 6.43. The molecule has 40 heavy (non-hydrogen) atoms. The van der Waals surface area contributed by atoms with E-state index in [0.717, 1.165) is 27.3 Å². The van der Waals surface area contributed by atoms with E-state index in [0.29, 0.717) is 31.7 Å². The van der Waals surface area contributed by atoms with Crippen LogP contribution in [0.3, 0.4) is 0 Å². The Kier molecular flexibility index (Phi) is 10.1. The molecule has 0 saturated heterocycles. The molecular weight excluding hydrogens is 542 g/mol. The molecule has 0 saturated carbocycles. The van der Waals surface area contributed by atoms with Gasteiger partial charge in [0.05, 0.1) is 16.8 Å². The van der Waals surface area contributed by atoms with E-state index in [-0.39, 0.29) is 18.3 Å². The van der Waals surface area contributed by atoms with Gasteiger partial charge in [-0.25, -0.2) is 17.7 Å². The lowest BCUT2D eigenvalue weighted by atomic mass is 10.1. The minimum Gasteiger partial charge on any atom is -0.459 e. The van der Waals surface area contributed by atoms with Gasteiger partial charge in [-0.1, -0.05) is 84.6 Å². The molecule has 212 valence electrons. The van der Waals surface area contributed by atoms with Crippen molar-refractivity contribution in [3.8, 4) is 0 Å². The number of hydrogen-bond acceptors (Lipinski definition) is 6. The predicted octanol–water partition coefficient (Wildman–Crippen LogP) is 5.93. The quantitative estimate of drug-likeness (QED) is 0.111. The first-order valence-corrected chi connectivity index (χ1v) is 16.1. The van der Waals surface area contributed by atoms with Crippen molar-refractivity contribution < 1.29 is 17.9 Å². The van der Waals surface area contributed by atoms with Crippen molar-refractivity contribution in [2.45, 2.75) is 56.7 Å². The van der Waals surface area contributed by atoms with Crippen LogP contribution < -0.4 is 0 Å². The van der Waals surface area contributed by atoms with Crippen LogP contribution in [0.25, 0.3) is 11.0 Å². The van der Waals surface area contributed by atoms with Gasteiger partial charge < -0.3 is 9.30 Å². The molecule has 0 amide bonds. The van der Waals surface area contributed by atoms with Crippen LogP contribution in [0.15, 0.2) is 90.1 Å². The van der Waals surface area contributed by atoms with Crippen LogP contribution in [0.2, 0.25) is 0 Å². The molecule has 0 unspecified atom stereocenters. The molecule has 9 heteroatoms. The van der Waals surface area contributed by atoms with Crippen molar-refractivity contribution >= 4 is 38.8 Å². The molecule has 0 bridgehead atoms. The minimum absolute atomic E-state index is 0.0263. The standard InChI is InChI=1S/C31H37N3O4S2/c1-31(2,3)38-29(35)23-34-28-18-11-10-17-27(28)32-30(34)39-22-12-20-33(21-19-25-13-6-4-7-14-25)40(36,37)24-26-15-8-5-9-16-26/h4-11,13-18H,12,19-24H2,1-3H3. The van der Waals surface area contributed by atoms with Crippen molar-refractivity contribution in [1.29, 1.82) is 0 Å². The van der Waals surface area contributed by atoms with Crippen molar-refractivity contribution in [2.75, 3.05) is 18.8 Å². The molecular formula is C31H37N3O4S2. The fourth-order valence-electron chi connectivity index (χ4n) is 4.39. The Morgan fingerprint density at radius 1 is 0.900 bits per heavy atom. The molecule has 0 atom stereocenters. The second kappa shape index (κ2) is 13.5. The highest BCUT2D eigenvalue weighted by atomic mass is 32.2. The number of sulfonamides is 1. The van der Waals surface area contributed by atoms with Crippen molar-refractivity contribution in [3.05, 3.63) is 96.1 Å². The molecule has 7 nitrogen and oxygen atoms in total. The first-order valence-electron chi connectivity index (χ1n) is 13.5. The summed E-state index contributed by atoms with van der Waals surface area (Å²) in [5, 5.41) is 0.718. The van der Waals surface area contributed by atoms with Gasteiger partial charge in [-0.05, 0) is 56.9 Å². The summed E-state index contributed by atoms with van der Waals surface area (Å²) in [5.74, 6) is 0.304. The van der Waals surface area contributed by atoms with Gasteiger partial charge in [-0.3, -0.25) is 4.79 Å². The number of hydrogen-bond donors (Lipinski definition) is 0. The number of ether oxygens (including phenoxy) is 1. The number of aromatic nitrogens is 2. The third-order valence-electron chi connectivity index (χ3n) is 6.19. The van der Waals surface area contributed by atoms with E-state index in [1.807, 2.05) is 110 Å². The number of nitrogens with zero attached hydrogens (tertiary/aromatic N) is 3. The summed E-state index contributed by atoms with van der Waals surface area (Å²) in [6, 6.07) is 26.9. The zero-order valence-electron chi connectivity index (χ0n) is 23.3. The zero-order chi connectivity index (χ0) is 28.6. The maximum atomic E-state index is 13.4. The maximum absolute atomic E-state index is 13.4. The summed E-state index contributed by atoms with van der Waals surface area (Å²) in [6.07, 6.45) is 1.29. The van der Waals surface area contributed by atoms with Crippen LogP contribution in [0.4, 0.5) is 0 Å². The Bertz CT molecular complexity index is 1500. The smallest absolute Gasteiger partial charge is 0.326 e. The molecule has 0 aliphatic rings. The monoisotopic (exact) mass is 579 g/mol. The lowest BCUT2D eigenvalue weighted by Gasteiger charge is -2.22. The number of carbonyl (C=O) groups excluding carboxylic acids is 1. The molecule has 0 aliphatic heterocycles. The van der Waals surface area contributed by atoms with Gasteiger partial charge in [-0.2, -0.15) is 0 Å². The van der Waals surface area contributed by atoms with Gasteiger partial charge in [-0.15, -0.1) is 0 Å². The van der Waals surface area contributed by atoms with Crippen LogP contribution in [0.1, 0.15) is 38.3 Å². The Morgan fingerprint density at radius 2 is 1.52 bits per heavy atom. The SMILES string of the molecule is CC(C)(C)OC(=O)Cn1c(SCCCN(CCc2ccccc2)S(=O)(=O)Cc2ccccc2)nc2ccccc21. The summed E-state index contributed by atoms with van der Waals surface area (Å²) in [7, 11) is -3.51.